The van der Waals surface area contributed by atoms with E-state index >= 15 is 0 Å². The van der Waals surface area contributed by atoms with Gasteiger partial charge in [0.25, 0.3) is 5.91 Å². The number of aromatic amines is 1. The average Bonchev–Trinajstić information content (AvgIpc) is 3.15. The molecule has 0 aliphatic carbocycles. The first-order valence-electron chi connectivity index (χ1n) is 6.66. The van der Waals surface area contributed by atoms with E-state index in [1.807, 2.05) is 23.3 Å². The maximum absolute atomic E-state index is 11.9. The fourth-order valence-electron chi connectivity index (χ4n) is 2.14. The third-order valence-electron chi connectivity index (χ3n) is 3.24. The van der Waals surface area contributed by atoms with E-state index < -0.39 is 0 Å². The molecule has 0 saturated carbocycles. The molecule has 1 aliphatic rings. The van der Waals surface area contributed by atoms with Crippen molar-refractivity contribution in [2.75, 3.05) is 24.7 Å². The lowest BCUT2D eigenvalue weighted by Gasteiger charge is -2.10. The molecule has 7 heteroatoms. The van der Waals surface area contributed by atoms with Gasteiger partial charge in [0.15, 0.2) is 0 Å². The topological polar surface area (TPSA) is 97.2 Å². The summed E-state index contributed by atoms with van der Waals surface area (Å²) in [5.41, 5.74) is 2.17. The van der Waals surface area contributed by atoms with E-state index in [-0.39, 0.29) is 5.91 Å². The van der Waals surface area contributed by atoms with Gasteiger partial charge in [-0.3, -0.25) is 9.79 Å². The number of anilines is 1. The summed E-state index contributed by atoms with van der Waals surface area (Å²) >= 11 is 0. The molecule has 1 aromatic carbocycles. The van der Waals surface area contributed by atoms with Crippen LogP contribution in [0, 0.1) is 11.3 Å². The second-order valence-corrected chi connectivity index (χ2v) is 4.69. The van der Waals surface area contributed by atoms with Crippen LogP contribution in [0.3, 0.4) is 0 Å². The minimum atomic E-state index is -0.187. The van der Waals surface area contributed by atoms with Crippen molar-refractivity contribution < 1.29 is 4.79 Å². The Morgan fingerprint density at radius 1 is 1.52 bits per heavy atom. The zero-order valence-electron chi connectivity index (χ0n) is 11.3. The largest absolute Gasteiger partial charge is 0.351 e. The molecule has 2 heterocycles. The Kier molecular flexibility index (Phi) is 3.51. The second kappa shape index (κ2) is 5.63. The number of aliphatic imine (C=N–C) groups is 1. The van der Waals surface area contributed by atoms with Crippen molar-refractivity contribution in [3.63, 3.8) is 0 Å². The molecular weight excluding hydrogens is 268 g/mol. The third-order valence-corrected chi connectivity index (χ3v) is 3.24. The Bertz CT molecular complexity index is 733. The molecule has 3 rings (SSSR count). The molecule has 2 N–H and O–H groups in total. The molecule has 0 fully saturated rings. The van der Waals surface area contributed by atoms with Gasteiger partial charge in [-0.25, -0.2) is 4.98 Å². The molecule has 0 saturated heterocycles. The monoisotopic (exact) mass is 282 g/mol. The molecule has 1 aromatic heterocycles. The summed E-state index contributed by atoms with van der Waals surface area (Å²) in [7, 11) is 0. The van der Waals surface area contributed by atoms with Crippen LogP contribution >= 0.6 is 0 Å². The number of imidazole rings is 1. The second-order valence-electron chi connectivity index (χ2n) is 4.69. The molecule has 7 nitrogen and oxygen atoms in total. The Morgan fingerprint density at radius 2 is 2.43 bits per heavy atom. The van der Waals surface area contributed by atoms with Gasteiger partial charge in [0, 0.05) is 18.3 Å². The number of carbonyl (C=O) groups excluding carboxylic acids is 1. The van der Waals surface area contributed by atoms with E-state index in [9.17, 15) is 4.79 Å². The average molecular weight is 282 g/mol. The maximum atomic E-state index is 11.9. The molecule has 0 bridgehead atoms. The first kappa shape index (κ1) is 13.1. The highest BCUT2D eigenvalue weighted by Crippen LogP contribution is 2.19. The standard InChI is InChI=1S/C14H14N6O/c15-4-1-5-17-13(21)10-2-3-11-12(8-10)19-14(18-11)20-7-6-16-9-20/h2-3,6,8H,1,5,7,9H2,(H,17,21)(H,18,19). The van der Waals surface area contributed by atoms with Crippen LogP contribution in [0.4, 0.5) is 5.95 Å². The van der Waals surface area contributed by atoms with E-state index in [4.69, 9.17) is 5.26 Å². The number of hydrogen-bond acceptors (Lipinski definition) is 5. The number of carbonyl (C=O) groups is 1. The van der Waals surface area contributed by atoms with E-state index in [0.717, 1.165) is 23.5 Å². The summed E-state index contributed by atoms with van der Waals surface area (Å²) in [6.45, 7) is 1.69. The summed E-state index contributed by atoms with van der Waals surface area (Å²) in [6.07, 6.45) is 2.15. The number of nitriles is 1. The Hall–Kier alpha value is -2.88. The number of hydrogen-bond donors (Lipinski definition) is 2. The van der Waals surface area contributed by atoms with Gasteiger partial charge in [-0.15, -0.1) is 0 Å². The number of rotatable bonds is 4. The zero-order valence-corrected chi connectivity index (χ0v) is 11.3. The minimum absolute atomic E-state index is 0.187. The van der Waals surface area contributed by atoms with Crippen molar-refractivity contribution in [2.24, 2.45) is 4.99 Å². The molecule has 0 atom stereocenters. The molecule has 1 aliphatic heterocycles. The molecule has 0 spiro atoms. The van der Waals surface area contributed by atoms with Crippen LogP contribution in [0.2, 0.25) is 0 Å². The summed E-state index contributed by atoms with van der Waals surface area (Å²) in [4.78, 5) is 25.8. The lowest BCUT2D eigenvalue weighted by Crippen LogP contribution is -2.24. The SMILES string of the molecule is N#CCCNC(=O)c1ccc2nc(N3CC=NC3)[nH]c2c1. The molecule has 0 radical (unpaired) electrons. The van der Waals surface area contributed by atoms with Gasteiger partial charge in [-0.2, -0.15) is 5.26 Å². The van der Waals surface area contributed by atoms with Crippen molar-refractivity contribution in [3.05, 3.63) is 23.8 Å². The van der Waals surface area contributed by atoms with Gasteiger partial charge in [0.1, 0.15) is 6.67 Å². The predicted octanol–water partition coefficient (Wildman–Crippen LogP) is 1.05. The van der Waals surface area contributed by atoms with E-state index in [1.54, 1.807) is 12.1 Å². The normalized spacial score (nSPS) is 13.6. The number of H-pyrrole nitrogens is 1. The Balaban J connectivity index is 1.79. The van der Waals surface area contributed by atoms with Crippen LogP contribution in [-0.4, -0.2) is 41.8 Å². The van der Waals surface area contributed by atoms with Gasteiger partial charge in [0.05, 0.1) is 30.1 Å². The van der Waals surface area contributed by atoms with Gasteiger partial charge >= 0.3 is 0 Å². The van der Waals surface area contributed by atoms with Crippen molar-refractivity contribution >= 4 is 29.1 Å². The minimum Gasteiger partial charge on any atom is -0.351 e. The van der Waals surface area contributed by atoms with Crippen LogP contribution in [0.1, 0.15) is 16.8 Å². The molecule has 1 amide bonds. The highest BCUT2D eigenvalue weighted by molar-refractivity contribution is 5.97. The summed E-state index contributed by atoms with van der Waals surface area (Å²) in [5, 5.41) is 11.2. The lowest BCUT2D eigenvalue weighted by molar-refractivity contribution is 0.0954. The molecule has 2 aromatic rings. The van der Waals surface area contributed by atoms with E-state index in [1.165, 1.54) is 0 Å². The number of amides is 1. The molecule has 21 heavy (non-hydrogen) atoms. The van der Waals surface area contributed by atoms with Gasteiger partial charge in [0.2, 0.25) is 5.95 Å². The van der Waals surface area contributed by atoms with E-state index in [0.29, 0.717) is 25.2 Å². The Morgan fingerprint density at radius 3 is 3.19 bits per heavy atom. The number of nitrogens with one attached hydrogen (secondary N) is 2. The smallest absolute Gasteiger partial charge is 0.251 e. The number of aromatic nitrogens is 2. The van der Waals surface area contributed by atoms with E-state index in [2.05, 4.69) is 20.3 Å². The molecule has 0 unspecified atom stereocenters. The van der Waals surface area contributed by atoms with Crippen LogP contribution < -0.4 is 10.2 Å². The van der Waals surface area contributed by atoms with Crippen molar-refractivity contribution in [1.29, 1.82) is 5.26 Å². The molecular formula is C14H14N6O. The summed E-state index contributed by atoms with van der Waals surface area (Å²) in [6, 6.07) is 7.30. The molecule has 106 valence electrons. The highest BCUT2D eigenvalue weighted by Gasteiger charge is 2.14. The van der Waals surface area contributed by atoms with Crippen LogP contribution in [0.15, 0.2) is 23.2 Å². The number of fused-ring (bicyclic) bond motifs is 1. The van der Waals surface area contributed by atoms with Crippen LogP contribution in [0.25, 0.3) is 11.0 Å². The van der Waals surface area contributed by atoms with Gasteiger partial charge in [-0.05, 0) is 18.2 Å². The van der Waals surface area contributed by atoms with Crippen molar-refractivity contribution in [2.45, 2.75) is 6.42 Å². The maximum Gasteiger partial charge on any atom is 0.251 e. The van der Waals surface area contributed by atoms with Crippen LogP contribution in [-0.2, 0) is 0 Å². The van der Waals surface area contributed by atoms with Gasteiger partial charge in [-0.1, -0.05) is 0 Å². The first-order chi connectivity index (χ1) is 10.3. The zero-order chi connectivity index (χ0) is 14.7. The van der Waals surface area contributed by atoms with Crippen LogP contribution in [0.5, 0.6) is 0 Å². The first-order valence-corrected chi connectivity index (χ1v) is 6.66. The quantitative estimate of drug-likeness (QED) is 0.819. The number of benzene rings is 1. The summed E-state index contributed by atoms with van der Waals surface area (Å²) in [5.74, 6) is 0.567. The predicted molar refractivity (Wildman–Crippen MR) is 79.4 cm³/mol. The number of nitrogens with zero attached hydrogens (tertiary/aromatic N) is 4. The third kappa shape index (κ3) is 2.69. The Labute approximate surface area is 121 Å². The van der Waals surface area contributed by atoms with Gasteiger partial charge < -0.3 is 15.2 Å². The highest BCUT2D eigenvalue weighted by atomic mass is 16.1. The fraction of sp³-hybridized carbons (Fsp3) is 0.286. The van der Waals surface area contributed by atoms with Crippen molar-refractivity contribution in [3.8, 4) is 6.07 Å². The fourth-order valence-corrected chi connectivity index (χ4v) is 2.14. The van der Waals surface area contributed by atoms with Crippen molar-refractivity contribution in [1.82, 2.24) is 15.3 Å². The lowest BCUT2D eigenvalue weighted by atomic mass is 10.2. The summed E-state index contributed by atoms with van der Waals surface area (Å²) < 4.78 is 0.